The zero-order chi connectivity index (χ0) is 7.72. The first kappa shape index (κ1) is 8.09. The van der Waals surface area contributed by atoms with E-state index in [4.69, 9.17) is 0 Å². The van der Waals surface area contributed by atoms with E-state index in [0.29, 0.717) is 6.04 Å². The highest BCUT2D eigenvalue weighted by atomic mass is 16.2. The molecule has 0 saturated carbocycles. The van der Waals surface area contributed by atoms with Crippen LogP contribution in [0.3, 0.4) is 0 Å². The van der Waals surface area contributed by atoms with Crippen LogP contribution >= 0.6 is 0 Å². The van der Waals surface area contributed by atoms with Crippen molar-refractivity contribution >= 4 is 7.05 Å². The third-order valence-corrected chi connectivity index (χ3v) is 2.31. The molecule has 2 nitrogen and oxygen atoms in total. The third kappa shape index (κ3) is 1.52. The van der Waals surface area contributed by atoms with Crippen molar-refractivity contribution in [1.29, 1.82) is 0 Å². The summed E-state index contributed by atoms with van der Waals surface area (Å²) < 4.78 is 0. The van der Waals surface area contributed by atoms with Crippen LogP contribution in [0, 0.1) is 5.92 Å². The van der Waals surface area contributed by atoms with E-state index in [2.05, 4.69) is 18.7 Å². The second-order valence-corrected chi connectivity index (χ2v) is 3.52. The van der Waals surface area contributed by atoms with Crippen molar-refractivity contribution < 1.29 is 5.02 Å². The Kier molecular flexibility index (Phi) is 2.37. The van der Waals surface area contributed by atoms with Crippen LogP contribution in [0.2, 0.25) is 6.82 Å². The van der Waals surface area contributed by atoms with Crippen LogP contribution in [0.5, 0.6) is 0 Å². The first-order valence-corrected chi connectivity index (χ1v) is 4.05. The van der Waals surface area contributed by atoms with Gasteiger partial charge in [0.25, 0.3) is 0 Å². The number of hydrogen-bond donors (Lipinski definition) is 1. The standard InChI is InChI=1S/C7H16BNO/c1-6-4-7(2)9(5-6)8(3)10/h6-7,10H,4-5H2,1-3H3/t6-,7+/m1/s1. The molecule has 1 rings (SSSR count). The van der Waals surface area contributed by atoms with Gasteiger partial charge in [-0.2, -0.15) is 0 Å². The van der Waals surface area contributed by atoms with Gasteiger partial charge < -0.3 is 9.83 Å². The highest BCUT2D eigenvalue weighted by Gasteiger charge is 2.30. The SMILES string of the molecule is CB(O)N1C[C@H](C)C[C@@H]1C. The maximum absolute atomic E-state index is 9.27. The van der Waals surface area contributed by atoms with Gasteiger partial charge in [-0.1, -0.05) is 13.8 Å². The van der Waals surface area contributed by atoms with E-state index in [1.165, 1.54) is 6.42 Å². The topological polar surface area (TPSA) is 23.5 Å². The Morgan fingerprint density at radius 1 is 1.50 bits per heavy atom. The molecule has 10 heavy (non-hydrogen) atoms. The molecule has 1 aliphatic heterocycles. The molecule has 0 aliphatic carbocycles. The quantitative estimate of drug-likeness (QED) is 0.546. The molecule has 1 fully saturated rings. The highest BCUT2D eigenvalue weighted by molar-refractivity contribution is 6.45. The molecule has 0 unspecified atom stereocenters. The Balaban J connectivity index is 2.46. The van der Waals surface area contributed by atoms with E-state index in [1.807, 2.05) is 6.82 Å². The van der Waals surface area contributed by atoms with Gasteiger partial charge in [0.2, 0.25) is 0 Å². The molecule has 0 aromatic carbocycles. The Morgan fingerprint density at radius 2 is 2.10 bits per heavy atom. The Bertz CT molecular complexity index is 118. The molecule has 1 N–H and O–H groups in total. The summed E-state index contributed by atoms with van der Waals surface area (Å²) in [5.41, 5.74) is 0. The molecule has 58 valence electrons. The fraction of sp³-hybridized carbons (Fsp3) is 1.00. The summed E-state index contributed by atoms with van der Waals surface area (Å²) in [5, 5.41) is 9.27. The number of rotatable bonds is 1. The van der Waals surface area contributed by atoms with Crippen LogP contribution in [0.1, 0.15) is 20.3 Å². The zero-order valence-electron chi connectivity index (χ0n) is 7.04. The lowest BCUT2D eigenvalue weighted by atomic mass is 9.84. The van der Waals surface area contributed by atoms with Crippen molar-refractivity contribution in [2.75, 3.05) is 6.54 Å². The minimum absolute atomic E-state index is 0.264. The fourth-order valence-corrected chi connectivity index (χ4v) is 1.85. The van der Waals surface area contributed by atoms with Gasteiger partial charge in [-0.15, -0.1) is 0 Å². The Hall–Kier alpha value is -0.0151. The number of hydrogen-bond acceptors (Lipinski definition) is 2. The summed E-state index contributed by atoms with van der Waals surface area (Å²) >= 11 is 0. The largest absolute Gasteiger partial charge is 0.437 e. The molecule has 1 saturated heterocycles. The third-order valence-electron chi connectivity index (χ3n) is 2.31. The van der Waals surface area contributed by atoms with Crippen molar-refractivity contribution in [3.63, 3.8) is 0 Å². The summed E-state index contributed by atoms with van der Waals surface area (Å²) in [7, 11) is -0.264. The van der Waals surface area contributed by atoms with Crippen LogP contribution in [-0.4, -0.2) is 29.5 Å². The van der Waals surface area contributed by atoms with Crippen LogP contribution in [0.25, 0.3) is 0 Å². The lowest BCUT2D eigenvalue weighted by Crippen LogP contribution is -2.39. The summed E-state index contributed by atoms with van der Waals surface area (Å²) in [6, 6.07) is 0.565. The minimum atomic E-state index is -0.264. The first-order chi connectivity index (χ1) is 4.61. The van der Waals surface area contributed by atoms with Crippen LogP contribution < -0.4 is 0 Å². The lowest BCUT2D eigenvalue weighted by molar-refractivity contribution is 0.359. The van der Waals surface area contributed by atoms with Gasteiger partial charge >= 0.3 is 7.05 Å². The van der Waals surface area contributed by atoms with Crippen molar-refractivity contribution in [3.05, 3.63) is 0 Å². The predicted molar refractivity (Wildman–Crippen MR) is 43.8 cm³/mol. The van der Waals surface area contributed by atoms with Crippen molar-refractivity contribution in [2.45, 2.75) is 33.1 Å². The smallest absolute Gasteiger partial charge is 0.376 e. The van der Waals surface area contributed by atoms with Gasteiger partial charge in [0, 0.05) is 0 Å². The van der Waals surface area contributed by atoms with Crippen molar-refractivity contribution in [2.24, 2.45) is 5.92 Å². The van der Waals surface area contributed by atoms with E-state index in [0.717, 1.165) is 12.5 Å². The maximum atomic E-state index is 9.27. The molecule has 0 radical (unpaired) electrons. The minimum Gasteiger partial charge on any atom is -0.437 e. The van der Waals surface area contributed by atoms with Crippen molar-refractivity contribution in [1.82, 2.24) is 4.81 Å². The van der Waals surface area contributed by atoms with E-state index in [-0.39, 0.29) is 7.05 Å². The second-order valence-electron chi connectivity index (χ2n) is 3.52. The molecule has 1 heterocycles. The summed E-state index contributed by atoms with van der Waals surface area (Å²) in [4.78, 5) is 2.14. The molecule has 0 aromatic heterocycles. The molecular formula is C7H16BNO. The van der Waals surface area contributed by atoms with E-state index in [9.17, 15) is 5.02 Å². The first-order valence-electron chi connectivity index (χ1n) is 4.05. The summed E-state index contributed by atoms with van der Waals surface area (Å²) in [6.07, 6.45) is 1.23. The Morgan fingerprint density at radius 3 is 2.30 bits per heavy atom. The average Bonchev–Trinajstić information content (AvgIpc) is 2.10. The van der Waals surface area contributed by atoms with Gasteiger partial charge in [-0.3, -0.25) is 0 Å². The normalized spacial score (nSPS) is 34.8. The average molecular weight is 141 g/mol. The maximum Gasteiger partial charge on any atom is 0.376 e. The zero-order valence-corrected chi connectivity index (χ0v) is 7.04. The predicted octanol–water partition coefficient (Wildman–Crippen LogP) is 0.827. The molecule has 0 spiro atoms. The molecule has 1 aliphatic rings. The van der Waals surface area contributed by atoms with E-state index < -0.39 is 0 Å². The fourth-order valence-electron chi connectivity index (χ4n) is 1.85. The lowest BCUT2D eigenvalue weighted by Gasteiger charge is -2.21. The van der Waals surface area contributed by atoms with Gasteiger partial charge in [0.15, 0.2) is 0 Å². The van der Waals surface area contributed by atoms with Crippen LogP contribution in [0.15, 0.2) is 0 Å². The van der Waals surface area contributed by atoms with Crippen molar-refractivity contribution in [3.8, 4) is 0 Å². The van der Waals surface area contributed by atoms with E-state index in [1.54, 1.807) is 0 Å². The monoisotopic (exact) mass is 141 g/mol. The summed E-state index contributed by atoms with van der Waals surface area (Å²) in [6.45, 7) is 7.31. The number of nitrogens with zero attached hydrogens (tertiary/aromatic N) is 1. The van der Waals surface area contributed by atoms with E-state index >= 15 is 0 Å². The Labute approximate surface area is 63.4 Å². The van der Waals surface area contributed by atoms with Gasteiger partial charge in [-0.05, 0) is 31.7 Å². The van der Waals surface area contributed by atoms with Gasteiger partial charge in [0.05, 0.1) is 0 Å². The van der Waals surface area contributed by atoms with Crippen LogP contribution in [0.4, 0.5) is 0 Å². The molecule has 2 atom stereocenters. The molecule has 0 aromatic rings. The second kappa shape index (κ2) is 2.93. The molecule has 0 amide bonds. The van der Waals surface area contributed by atoms with Gasteiger partial charge in [-0.25, -0.2) is 0 Å². The van der Waals surface area contributed by atoms with Gasteiger partial charge in [0.1, 0.15) is 0 Å². The molecule has 0 bridgehead atoms. The molecular weight excluding hydrogens is 125 g/mol. The summed E-state index contributed by atoms with van der Waals surface area (Å²) in [5.74, 6) is 0.754. The van der Waals surface area contributed by atoms with Crippen LogP contribution in [-0.2, 0) is 0 Å². The molecule has 3 heteroatoms. The highest BCUT2D eigenvalue weighted by Crippen LogP contribution is 2.22.